The molecule has 0 saturated carbocycles. The summed E-state index contributed by atoms with van der Waals surface area (Å²) in [6.45, 7) is 4.42. The fourth-order valence-corrected chi connectivity index (χ4v) is 2.85. The van der Waals surface area contributed by atoms with E-state index in [2.05, 4.69) is 19.2 Å². The Morgan fingerprint density at radius 1 is 1.04 bits per heavy atom. The maximum Gasteiger partial charge on any atom is 0.287 e. The molecule has 1 atom stereocenters. The second kappa shape index (κ2) is 7.87. The minimum Gasteiger partial charge on any atom is -0.454 e. The van der Waals surface area contributed by atoms with E-state index in [9.17, 15) is 9.59 Å². The third-order valence-corrected chi connectivity index (χ3v) is 4.22. The highest BCUT2D eigenvalue weighted by Gasteiger charge is 2.20. The summed E-state index contributed by atoms with van der Waals surface area (Å²) in [5.74, 6) is 0.771. The van der Waals surface area contributed by atoms with E-state index in [1.54, 1.807) is 30.5 Å². The minimum absolute atomic E-state index is 0.103. The topological polar surface area (TPSA) is 64.2 Å². The number of nitrogens with one attached hydrogen (secondary N) is 1. The molecule has 26 heavy (non-hydrogen) atoms. The maximum atomic E-state index is 12.6. The van der Waals surface area contributed by atoms with Gasteiger partial charge in [-0.1, -0.05) is 50.2 Å². The van der Waals surface area contributed by atoms with Crippen molar-refractivity contribution in [1.29, 1.82) is 0 Å². The molecule has 3 rings (SSSR count). The predicted molar refractivity (Wildman–Crippen MR) is 100.0 cm³/mol. The lowest BCUT2D eigenvalue weighted by Crippen LogP contribution is -2.31. The number of pyridine rings is 1. The molecule has 0 spiro atoms. The Bertz CT molecular complexity index is 925. The van der Waals surface area contributed by atoms with Crippen LogP contribution in [0.1, 0.15) is 41.8 Å². The Hall–Kier alpha value is -3.08. The zero-order valence-corrected chi connectivity index (χ0v) is 14.9. The summed E-state index contributed by atoms with van der Waals surface area (Å²) in [5, 5.41) is 3.04. The van der Waals surface area contributed by atoms with Crippen LogP contribution in [0.2, 0.25) is 0 Å². The van der Waals surface area contributed by atoms with Crippen LogP contribution in [-0.4, -0.2) is 10.5 Å². The molecule has 2 aromatic heterocycles. The van der Waals surface area contributed by atoms with Crippen LogP contribution in [0, 0.1) is 5.92 Å². The zero-order valence-electron chi connectivity index (χ0n) is 14.9. The van der Waals surface area contributed by atoms with E-state index in [4.69, 9.17) is 4.42 Å². The van der Waals surface area contributed by atoms with Crippen LogP contribution < -0.4 is 10.9 Å². The van der Waals surface area contributed by atoms with Crippen LogP contribution >= 0.6 is 0 Å². The molecular formula is C21H22N2O3. The molecule has 1 aromatic carbocycles. The molecule has 0 aliphatic carbocycles. The van der Waals surface area contributed by atoms with Gasteiger partial charge in [-0.2, -0.15) is 0 Å². The van der Waals surface area contributed by atoms with Gasteiger partial charge in [0.15, 0.2) is 5.76 Å². The molecule has 1 N–H and O–H groups in total. The van der Waals surface area contributed by atoms with Crippen molar-refractivity contribution in [3.05, 3.63) is 94.3 Å². The van der Waals surface area contributed by atoms with Crippen molar-refractivity contribution in [3.8, 4) is 0 Å². The fourth-order valence-electron chi connectivity index (χ4n) is 2.85. The van der Waals surface area contributed by atoms with Gasteiger partial charge in [0.05, 0.1) is 12.6 Å². The van der Waals surface area contributed by atoms with Gasteiger partial charge in [-0.15, -0.1) is 0 Å². The zero-order chi connectivity index (χ0) is 18.5. The van der Waals surface area contributed by atoms with Gasteiger partial charge in [-0.05, 0) is 29.7 Å². The molecule has 134 valence electrons. The van der Waals surface area contributed by atoms with Gasteiger partial charge in [0.25, 0.3) is 11.5 Å². The Kier molecular flexibility index (Phi) is 5.37. The number of carbonyl (C=O) groups is 1. The van der Waals surface area contributed by atoms with Crippen LogP contribution in [-0.2, 0) is 6.54 Å². The van der Waals surface area contributed by atoms with E-state index in [1.165, 1.54) is 10.6 Å². The van der Waals surface area contributed by atoms with Gasteiger partial charge in [0.1, 0.15) is 5.76 Å². The van der Waals surface area contributed by atoms with Crippen molar-refractivity contribution in [2.75, 3.05) is 0 Å². The third-order valence-electron chi connectivity index (χ3n) is 4.22. The lowest BCUT2D eigenvalue weighted by atomic mass is 9.96. The molecule has 0 bridgehead atoms. The Balaban J connectivity index is 1.73. The van der Waals surface area contributed by atoms with Crippen LogP contribution in [0.25, 0.3) is 0 Å². The van der Waals surface area contributed by atoms with Crippen LogP contribution in [0.4, 0.5) is 0 Å². The Labute approximate surface area is 152 Å². The van der Waals surface area contributed by atoms with Crippen molar-refractivity contribution in [2.24, 2.45) is 5.92 Å². The fraction of sp³-hybridized carbons (Fsp3) is 0.238. The third kappa shape index (κ3) is 4.11. The molecule has 3 aromatic rings. The molecule has 0 fully saturated rings. The minimum atomic E-state index is -0.265. The number of carbonyl (C=O) groups excluding carboxylic acids is 1. The molecule has 1 unspecified atom stereocenters. The predicted octanol–water partition coefficient (Wildman–Crippen LogP) is 3.62. The van der Waals surface area contributed by atoms with E-state index in [0.29, 0.717) is 12.3 Å². The second-order valence-corrected chi connectivity index (χ2v) is 6.54. The summed E-state index contributed by atoms with van der Waals surface area (Å²) in [6, 6.07) is 18.1. The van der Waals surface area contributed by atoms with Gasteiger partial charge in [-0.3, -0.25) is 9.59 Å². The molecule has 0 saturated heterocycles. The molecule has 5 heteroatoms. The molecule has 0 aliphatic heterocycles. The number of rotatable bonds is 6. The second-order valence-electron chi connectivity index (χ2n) is 6.54. The number of amides is 1. The standard InChI is InChI=1S/C21H22N2O3/c1-15(2)20(16-8-4-3-5-9-16)22-21(25)18-12-11-17(26-18)14-23-13-7-6-10-19(23)24/h3-13,15,20H,14H2,1-2H3,(H,22,25). The highest BCUT2D eigenvalue weighted by atomic mass is 16.4. The monoisotopic (exact) mass is 350 g/mol. The van der Waals surface area contributed by atoms with Gasteiger partial charge in [0, 0.05) is 12.3 Å². The molecule has 0 radical (unpaired) electrons. The van der Waals surface area contributed by atoms with Crippen molar-refractivity contribution in [3.63, 3.8) is 0 Å². The lowest BCUT2D eigenvalue weighted by Gasteiger charge is -2.22. The highest BCUT2D eigenvalue weighted by molar-refractivity contribution is 5.91. The van der Waals surface area contributed by atoms with Gasteiger partial charge in [-0.25, -0.2) is 0 Å². The van der Waals surface area contributed by atoms with Crippen LogP contribution in [0.5, 0.6) is 0 Å². The first-order valence-electron chi connectivity index (χ1n) is 8.64. The summed E-state index contributed by atoms with van der Waals surface area (Å²) in [5.41, 5.74) is 0.942. The van der Waals surface area contributed by atoms with Crippen molar-refractivity contribution in [2.45, 2.75) is 26.4 Å². The highest BCUT2D eigenvalue weighted by Crippen LogP contribution is 2.22. The molecular weight excluding hydrogens is 328 g/mol. The van der Waals surface area contributed by atoms with E-state index in [-0.39, 0.29) is 29.2 Å². The first-order valence-corrected chi connectivity index (χ1v) is 8.64. The van der Waals surface area contributed by atoms with Crippen molar-refractivity contribution < 1.29 is 9.21 Å². The number of benzene rings is 1. The number of nitrogens with zero attached hydrogens (tertiary/aromatic N) is 1. The number of aromatic nitrogens is 1. The Morgan fingerprint density at radius 3 is 2.46 bits per heavy atom. The quantitative estimate of drug-likeness (QED) is 0.738. The van der Waals surface area contributed by atoms with Crippen molar-refractivity contribution in [1.82, 2.24) is 9.88 Å². The SMILES string of the molecule is CC(C)C(NC(=O)c1ccc(Cn2ccccc2=O)o1)c1ccccc1. The molecule has 5 nitrogen and oxygen atoms in total. The summed E-state index contributed by atoms with van der Waals surface area (Å²) < 4.78 is 7.18. The first-order chi connectivity index (χ1) is 12.5. The van der Waals surface area contributed by atoms with Gasteiger partial charge in [0.2, 0.25) is 0 Å². The lowest BCUT2D eigenvalue weighted by molar-refractivity contribution is 0.0895. The summed E-state index contributed by atoms with van der Waals surface area (Å²) in [4.78, 5) is 24.4. The van der Waals surface area contributed by atoms with E-state index >= 15 is 0 Å². The number of hydrogen-bond donors (Lipinski definition) is 1. The Morgan fingerprint density at radius 2 is 1.77 bits per heavy atom. The van der Waals surface area contributed by atoms with E-state index < -0.39 is 0 Å². The number of hydrogen-bond acceptors (Lipinski definition) is 3. The normalized spacial score (nSPS) is 12.1. The van der Waals surface area contributed by atoms with E-state index in [1.807, 2.05) is 30.3 Å². The maximum absolute atomic E-state index is 12.6. The van der Waals surface area contributed by atoms with Gasteiger partial charge >= 0.3 is 0 Å². The average molecular weight is 350 g/mol. The largest absolute Gasteiger partial charge is 0.454 e. The molecule has 2 heterocycles. The average Bonchev–Trinajstić information content (AvgIpc) is 3.10. The molecule has 1 amide bonds. The van der Waals surface area contributed by atoms with Crippen molar-refractivity contribution >= 4 is 5.91 Å². The van der Waals surface area contributed by atoms with E-state index in [0.717, 1.165) is 5.56 Å². The van der Waals surface area contributed by atoms with Gasteiger partial charge < -0.3 is 14.3 Å². The summed E-state index contributed by atoms with van der Waals surface area (Å²) in [6.07, 6.45) is 1.69. The van der Waals surface area contributed by atoms with Crippen LogP contribution in [0.15, 0.2) is 76.1 Å². The van der Waals surface area contributed by atoms with Crippen LogP contribution in [0.3, 0.4) is 0 Å². The summed E-state index contributed by atoms with van der Waals surface area (Å²) in [7, 11) is 0. The summed E-state index contributed by atoms with van der Waals surface area (Å²) >= 11 is 0. The smallest absolute Gasteiger partial charge is 0.287 e. The number of furan rings is 1. The first kappa shape index (κ1) is 17.7. The molecule has 0 aliphatic rings.